The third-order valence-corrected chi connectivity index (χ3v) is 6.67. The van der Waals surface area contributed by atoms with Crippen LogP contribution in [0.3, 0.4) is 0 Å². The highest BCUT2D eigenvalue weighted by Crippen LogP contribution is 2.38. The molecule has 0 aliphatic carbocycles. The summed E-state index contributed by atoms with van der Waals surface area (Å²) < 4.78 is 44.6. The summed E-state index contributed by atoms with van der Waals surface area (Å²) in [4.78, 5) is 25.0. The fraction of sp³-hybridized carbons (Fsp3) is 0.176. The van der Waals surface area contributed by atoms with Crippen LogP contribution in [0, 0.1) is 0 Å². The molecule has 2 amide bonds. The number of hydrogen-bond acceptors (Lipinski definition) is 9. The van der Waals surface area contributed by atoms with Crippen molar-refractivity contribution in [3.8, 4) is 11.5 Å². The van der Waals surface area contributed by atoms with Gasteiger partial charge < -0.3 is 14.8 Å². The minimum absolute atomic E-state index is 0.0822. The van der Waals surface area contributed by atoms with Crippen LogP contribution in [0.25, 0.3) is 11.0 Å². The summed E-state index contributed by atoms with van der Waals surface area (Å²) in [6.45, 7) is -0.686. The molecule has 3 aromatic rings. The van der Waals surface area contributed by atoms with Crippen molar-refractivity contribution in [2.75, 3.05) is 26.1 Å². The molecule has 0 saturated heterocycles. The molecule has 29 heavy (non-hydrogen) atoms. The van der Waals surface area contributed by atoms with Gasteiger partial charge in [0.25, 0.3) is 15.9 Å². The Balaban J connectivity index is 1.63. The van der Waals surface area contributed by atoms with E-state index in [0.29, 0.717) is 21.0 Å². The van der Waals surface area contributed by atoms with Crippen molar-refractivity contribution < 1.29 is 27.5 Å². The average molecular weight is 434 g/mol. The van der Waals surface area contributed by atoms with E-state index in [0.717, 1.165) is 11.7 Å². The van der Waals surface area contributed by atoms with Crippen molar-refractivity contribution in [1.82, 2.24) is 13.1 Å². The molecule has 1 aliphatic rings. The second-order valence-corrected chi connectivity index (χ2v) is 8.37. The first-order chi connectivity index (χ1) is 13.9. The summed E-state index contributed by atoms with van der Waals surface area (Å²) in [6.07, 6.45) is 0. The van der Waals surface area contributed by atoms with E-state index in [-0.39, 0.29) is 22.0 Å². The van der Waals surface area contributed by atoms with Crippen LogP contribution in [-0.2, 0) is 14.8 Å². The number of nitrogens with one attached hydrogen (secondary N) is 1. The highest BCUT2D eigenvalue weighted by molar-refractivity contribution is 7.90. The Morgan fingerprint density at radius 1 is 1.17 bits per heavy atom. The first-order valence-corrected chi connectivity index (χ1v) is 10.4. The number of carbonyl (C=O) groups is 2. The maximum absolute atomic E-state index is 12.8. The normalized spacial score (nSPS) is 14.7. The zero-order valence-electron chi connectivity index (χ0n) is 15.2. The quantitative estimate of drug-likeness (QED) is 0.640. The summed E-state index contributed by atoms with van der Waals surface area (Å²) in [5.41, 5.74) is 1.39. The van der Waals surface area contributed by atoms with Crippen LogP contribution >= 0.6 is 11.7 Å². The fourth-order valence-electron chi connectivity index (χ4n) is 2.99. The molecule has 150 valence electrons. The molecule has 1 aromatic heterocycles. The average Bonchev–Trinajstić information content (AvgIpc) is 3.25. The zero-order valence-corrected chi connectivity index (χ0v) is 16.8. The molecule has 0 spiro atoms. The van der Waals surface area contributed by atoms with Crippen LogP contribution in [0.15, 0.2) is 35.2 Å². The van der Waals surface area contributed by atoms with Crippen molar-refractivity contribution in [3.63, 3.8) is 0 Å². The molecule has 0 atom stereocenters. The lowest BCUT2D eigenvalue weighted by Gasteiger charge is -2.14. The second kappa shape index (κ2) is 6.97. The van der Waals surface area contributed by atoms with Gasteiger partial charge in [0.05, 0.1) is 37.2 Å². The number of amides is 2. The van der Waals surface area contributed by atoms with Gasteiger partial charge in [0.1, 0.15) is 22.5 Å². The standard InChI is InChI=1S/C17H14N4O6S2/c1-26-12-6-9-14(7-13(12)27-2)29(24,25)21(17(9)23)8-15(22)18-10-4-3-5-11-16(10)20-28-19-11/h3-7H,8H2,1-2H3,(H,18,22). The topological polar surface area (TPSA) is 128 Å². The van der Waals surface area contributed by atoms with Crippen LogP contribution in [0.5, 0.6) is 11.5 Å². The van der Waals surface area contributed by atoms with Gasteiger partial charge in [0.2, 0.25) is 5.91 Å². The van der Waals surface area contributed by atoms with Crippen molar-refractivity contribution in [2.45, 2.75) is 4.90 Å². The van der Waals surface area contributed by atoms with Gasteiger partial charge in [-0.2, -0.15) is 8.75 Å². The zero-order chi connectivity index (χ0) is 20.8. The maximum Gasteiger partial charge on any atom is 0.269 e. The van der Waals surface area contributed by atoms with Gasteiger partial charge in [-0.05, 0) is 18.2 Å². The Labute approximate surface area is 169 Å². The first-order valence-electron chi connectivity index (χ1n) is 8.21. The predicted octanol–water partition coefficient (Wildman–Crippen LogP) is 1.49. The van der Waals surface area contributed by atoms with E-state index < -0.39 is 28.4 Å². The van der Waals surface area contributed by atoms with E-state index >= 15 is 0 Å². The van der Waals surface area contributed by atoms with Gasteiger partial charge in [0.15, 0.2) is 11.5 Å². The fourth-order valence-corrected chi connectivity index (χ4v) is 5.06. The third kappa shape index (κ3) is 3.06. The Bertz CT molecular complexity index is 1250. The van der Waals surface area contributed by atoms with Crippen molar-refractivity contribution >= 4 is 50.3 Å². The number of nitrogens with zero attached hydrogens (tertiary/aromatic N) is 3. The lowest BCUT2D eigenvalue weighted by molar-refractivity contribution is -0.116. The van der Waals surface area contributed by atoms with Gasteiger partial charge in [-0.15, -0.1) is 0 Å². The number of hydrogen-bond donors (Lipinski definition) is 1. The molecule has 0 saturated carbocycles. The molecule has 10 nitrogen and oxygen atoms in total. The molecule has 2 heterocycles. The van der Waals surface area contributed by atoms with E-state index in [4.69, 9.17) is 9.47 Å². The smallest absolute Gasteiger partial charge is 0.269 e. The van der Waals surface area contributed by atoms with Crippen LogP contribution < -0.4 is 14.8 Å². The molecule has 1 aliphatic heterocycles. The van der Waals surface area contributed by atoms with Gasteiger partial charge in [-0.1, -0.05) is 6.07 Å². The lowest BCUT2D eigenvalue weighted by atomic mass is 10.2. The van der Waals surface area contributed by atoms with E-state index in [1.54, 1.807) is 18.2 Å². The highest BCUT2D eigenvalue weighted by Gasteiger charge is 2.43. The Kier molecular flexibility index (Phi) is 4.59. The molecular formula is C17H14N4O6S2. The number of anilines is 1. The van der Waals surface area contributed by atoms with Crippen molar-refractivity contribution in [1.29, 1.82) is 0 Å². The van der Waals surface area contributed by atoms with Crippen molar-refractivity contribution in [2.24, 2.45) is 0 Å². The largest absolute Gasteiger partial charge is 0.493 e. The molecule has 2 aromatic carbocycles. The number of carbonyl (C=O) groups excluding carboxylic acids is 2. The van der Waals surface area contributed by atoms with Crippen LogP contribution in [-0.4, -0.2) is 54.0 Å². The van der Waals surface area contributed by atoms with Gasteiger partial charge in [-0.25, -0.2) is 12.7 Å². The number of ether oxygens (including phenoxy) is 2. The first kappa shape index (κ1) is 19.1. The SMILES string of the molecule is COc1cc2c(cc1OC)S(=O)(=O)N(CC(=O)Nc1cccc3nsnc13)C2=O. The second-order valence-electron chi connectivity index (χ2n) is 6.01. The van der Waals surface area contributed by atoms with E-state index in [9.17, 15) is 18.0 Å². The maximum atomic E-state index is 12.8. The molecule has 12 heteroatoms. The Morgan fingerprint density at radius 2 is 1.90 bits per heavy atom. The van der Waals surface area contributed by atoms with Crippen LogP contribution in [0.2, 0.25) is 0 Å². The highest BCUT2D eigenvalue weighted by atomic mass is 32.2. The lowest BCUT2D eigenvalue weighted by Crippen LogP contribution is -2.37. The summed E-state index contributed by atoms with van der Waals surface area (Å²) in [6, 6.07) is 7.53. The van der Waals surface area contributed by atoms with E-state index in [1.165, 1.54) is 26.4 Å². The predicted molar refractivity (Wildman–Crippen MR) is 104 cm³/mol. The van der Waals surface area contributed by atoms with Gasteiger partial charge in [-0.3, -0.25) is 9.59 Å². The number of aromatic nitrogens is 2. The molecule has 1 N–H and O–H groups in total. The minimum atomic E-state index is -4.21. The summed E-state index contributed by atoms with van der Waals surface area (Å²) in [5.74, 6) is -1.13. The van der Waals surface area contributed by atoms with E-state index in [1.807, 2.05) is 0 Å². The monoisotopic (exact) mass is 434 g/mol. The van der Waals surface area contributed by atoms with Crippen molar-refractivity contribution in [3.05, 3.63) is 35.9 Å². The van der Waals surface area contributed by atoms with Gasteiger partial charge >= 0.3 is 0 Å². The summed E-state index contributed by atoms with van der Waals surface area (Å²) >= 11 is 0.990. The summed E-state index contributed by atoms with van der Waals surface area (Å²) in [7, 11) is -1.48. The number of methoxy groups -OCH3 is 2. The summed E-state index contributed by atoms with van der Waals surface area (Å²) in [5, 5.41) is 2.59. The molecular weight excluding hydrogens is 420 g/mol. The van der Waals surface area contributed by atoms with Crippen LogP contribution in [0.1, 0.15) is 10.4 Å². The number of sulfonamides is 1. The van der Waals surface area contributed by atoms with Crippen LogP contribution in [0.4, 0.5) is 5.69 Å². The Hall–Kier alpha value is -3.25. The number of fused-ring (bicyclic) bond motifs is 2. The molecule has 0 radical (unpaired) electrons. The third-order valence-electron chi connectivity index (χ3n) is 4.36. The number of rotatable bonds is 5. The Morgan fingerprint density at radius 3 is 2.62 bits per heavy atom. The molecule has 0 bridgehead atoms. The molecule has 0 unspecified atom stereocenters. The number of benzene rings is 2. The van der Waals surface area contributed by atoms with Gasteiger partial charge in [0, 0.05) is 6.07 Å². The molecule has 0 fully saturated rings. The minimum Gasteiger partial charge on any atom is -0.493 e. The molecule has 4 rings (SSSR count). The van der Waals surface area contributed by atoms with E-state index in [2.05, 4.69) is 14.1 Å².